The van der Waals surface area contributed by atoms with Crippen LogP contribution in [0.25, 0.3) is 0 Å². The van der Waals surface area contributed by atoms with Crippen LogP contribution in [0, 0.1) is 11.8 Å². The first kappa shape index (κ1) is 7.03. The highest BCUT2D eigenvalue weighted by molar-refractivity contribution is 4.73. The summed E-state index contributed by atoms with van der Waals surface area (Å²) in [6.45, 7) is 4.71. The molecule has 2 atom stereocenters. The Kier molecular flexibility index (Phi) is 2.49. The van der Waals surface area contributed by atoms with Crippen molar-refractivity contribution < 1.29 is 5.11 Å². The first-order valence-electron chi connectivity index (χ1n) is 3.66. The van der Waals surface area contributed by atoms with Crippen LogP contribution in [0.1, 0.15) is 13.3 Å². The van der Waals surface area contributed by atoms with E-state index in [0.717, 1.165) is 19.5 Å². The van der Waals surface area contributed by atoms with Gasteiger partial charge in [0.15, 0.2) is 0 Å². The van der Waals surface area contributed by atoms with Gasteiger partial charge in [-0.2, -0.15) is 0 Å². The van der Waals surface area contributed by atoms with Crippen molar-refractivity contribution >= 4 is 0 Å². The molecule has 0 unspecified atom stereocenters. The predicted octanol–water partition coefficient (Wildman–Crippen LogP) is 0.224. The van der Waals surface area contributed by atoms with Gasteiger partial charge in [-0.25, -0.2) is 0 Å². The third-order valence-electron chi connectivity index (χ3n) is 2.20. The SMILES string of the molecule is C[C@H]1CNCC[C@@H]1CO. The molecule has 54 valence electrons. The molecule has 0 radical (unpaired) electrons. The van der Waals surface area contributed by atoms with Gasteiger partial charge in [0.1, 0.15) is 0 Å². The molecule has 0 aromatic heterocycles. The molecule has 1 rings (SSSR count). The molecule has 0 amide bonds. The standard InChI is InChI=1S/C7H15NO/c1-6-4-8-3-2-7(6)5-9/h6-9H,2-5H2,1H3/t6-,7+/m0/s1. The molecule has 0 aromatic carbocycles. The maximum absolute atomic E-state index is 8.83. The third-order valence-corrected chi connectivity index (χ3v) is 2.20. The summed E-state index contributed by atoms with van der Waals surface area (Å²) in [5, 5.41) is 12.1. The molecular weight excluding hydrogens is 114 g/mol. The van der Waals surface area contributed by atoms with Gasteiger partial charge in [-0.05, 0) is 31.3 Å². The normalized spacial score (nSPS) is 36.7. The number of aliphatic hydroxyl groups excluding tert-OH is 1. The minimum Gasteiger partial charge on any atom is -0.396 e. The fourth-order valence-electron chi connectivity index (χ4n) is 1.34. The van der Waals surface area contributed by atoms with Gasteiger partial charge in [0.05, 0.1) is 0 Å². The maximum atomic E-state index is 8.83. The van der Waals surface area contributed by atoms with Crippen LogP contribution in [-0.4, -0.2) is 24.8 Å². The summed E-state index contributed by atoms with van der Waals surface area (Å²) in [6.07, 6.45) is 1.14. The minimum absolute atomic E-state index is 0.364. The van der Waals surface area contributed by atoms with E-state index in [1.807, 2.05) is 0 Å². The summed E-state index contributed by atoms with van der Waals surface area (Å²) in [5.41, 5.74) is 0. The zero-order valence-corrected chi connectivity index (χ0v) is 5.93. The molecule has 1 saturated heterocycles. The molecule has 2 N–H and O–H groups in total. The Morgan fingerprint density at radius 3 is 2.89 bits per heavy atom. The lowest BCUT2D eigenvalue weighted by atomic mass is 9.89. The lowest BCUT2D eigenvalue weighted by Crippen LogP contribution is -2.36. The van der Waals surface area contributed by atoms with Crippen molar-refractivity contribution in [2.45, 2.75) is 13.3 Å². The smallest absolute Gasteiger partial charge is 0.0462 e. The van der Waals surface area contributed by atoms with E-state index < -0.39 is 0 Å². The molecule has 0 bridgehead atoms. The Bertz CT molecular complexity index is 85.0. The number of hydrogen-bond donors (Lipinski definition) is 2. The van der Waals surface area contributed by atoms with Gasteiger partial charge in [-0.15, -0.1) is 0 Å². The van der Waals surface area contributed by atoms with E-state index in [1.165, 1.54) is 0 Å². The van der Waals surface area contributed by atoms with Gasteiger partial charge in [-0.3, -0.25) is 0 Å². The largest absolute Gasteiger partial charge is 0.396 e. The van der Waals surface area contributed by atoms with Gasteiger partial charge < -0.3 is 10.4 Å². The maximum Gasteiger partial charge on any atom is 0.0462 e. The van der Waals surface area contributed by atoms with Crippen LogP contribution in [0.2, 0.25) is 0 Å². The van der Waals surface area contributed by atoms with Gasteiger partial charge >= 0.3 is 0 Å². The Morgan fingerprint density at radius 1 is 1.67 bits per heavy atom. The van der Waals surface area contributed by atoms with Gasteiger partial charge in [0.2, 0.25) is 0 Å². The Labute approximate surface area is 56.3 Å². The monoisotopic (exact) mass is 129 g/mol. The van der Waals surface area contributed by atoms with E-state index in [-0.39, 0.29) is 0 Å². The molecule has 0 saturated carbocycles. The number of nitrogens with one attached hydrogen (secondary N) is 1. The molecule has 1 fully saturated rings. The molecule has 1 aliphatic heterocycles. The quantitative estimate of drug-likeness (QED) is 0.531. The van der Waals surface area contributed by atoms with Crippen LogP contribution in [0.3, 0.4) is 0 Å². The van der Waals surface area contributed by atoms with Crippen molar-refractivity contribution in [1.82, 2.24) is 5.32 Å². The van der Waals surface area contributed by atoms with Crippen molar-refractivity contribution in [2.75, 3.05) is 19.7 Å². The van der Waals surface area contributed by atoms with E-state index in [2.05, 4.69) is 12.2 Å². The average Bonchev–Trinajstić information content (AvgIpc) is 1.89. The number of hydrogen-bond acceptors (Lipinski definition) is 2. The number of rotatable bonds is 1. The summed E-state index contributed by atoms with van der Waals surface area (Å²) in [4.78, 5) is 0. The van der Waals surface area contributed by atoms with Crippen LogP contribution in [-0.2, 0) is 0 Å². The van der Waals surface area contributed by atoms with Gasteiger partial charge in [-0.1, -0.05) is 6.92 Å². The second-order valence-electron chi connectivity index (χ2n) is 2.91. The van der Waals surface area contributed by atoms with Crippen LogP contribution in [0.5, 0.6) is 0 Å². The molecule has 0 aliphatic carbocycles. The molecule has 2 heteroatoms. The van der Waals surface area contributed by atoms with E-state index in [1.54, 1.807) is 0 Å². The van der Waals surface area contributed by atoms with E-state index in [9.17, 15) is 0 Å². The molecule has 2 nitrogen and oxygen atoms in total. The predicted molar refractivity (Wildman–Crippen MR) is 37.2 cm³/mol. The molecular formula is C7H15NO. The first-order valence-corrected chi connectivity index (χ1v) is 3.66. The Balaban J connectivity index is 2.30. The average molecular weight is 129 g/mol. The van der Waals surface area contributed by atoms with E-state index >= 15 is 0 Å². The van der Waals surface area contributed by atoms with Crippen molar-refractivity contribution in [3.8, 4) is 0 Å². The van der Waals surface area contributed by atoms with E-state index in [0.29, 0.717) is 18.4 Å². The van der Waals surface area contributed by atoms with Crippen LogP contribution in [0.4, 0.5) is 0 Å². The summed E-state index contributed by atoms with van der Waals surface area (Å²) in [6, 6.07) is 0. The molecule has 1 aliphatic rings. The molecule has 0 spiro atoms. The Hall–Kier alpha value is -0.0800. The van der Waals surface area contributed by atoms with Gasteiger partial charge in [0, 0.05) is 6.61 Å². The Morgan fingerprint density at radius 2 is 2.44 bits per heavy atom. The van der Waals surface area contributed by atoms with Crippen LogP contribution in [0.15, 0.2) is 0 Å². The highest BCUT2D eigenvalue weighted by atomic mass is 16.3. The summed E-state index contributed by atoms with van der Waals surface area (Å²) < 4.78 is 0. The first-order chi connectivity index (χ1) is 4.34. The lowest BCUT2D eigenvalue weighted by Gasteiger charge is -2.27. The van der Waals surface area contributed by atoms with Crippen molar-refractivity contribution in [2.24, 2.45) is 11.8 Å². The topological polar surface area (TPSA) is 32.3 Å². The second kappa shape index (κ2) is 3.18. The molecule has 1 heterocycles. The highest BCUT2D eigenvalue weighted by Crippen LogP contribution is 2.16. The van der Waals surface area contributed by atoms with Crippen LogP contribution >= 0.6 is 0 Å². The summed E-state index contributed by atoms with van der Waals surface area (Å²) in [7, 11) is 0. The zero-order valence-electron chi connectivity index (χ0n) is 5.93. The van der Waals surface area contributed by atoms with Crippen molar-refractivity contribution in [3.63, 3.8) is 0 Å². The summed E-state index contributed by atoms with van der Waals surface area (Å²) >= 11 is 0. The van der Waals surface area contributed by atoms with Crippen molar-refractivity contribution in [1.29, 1.82) is 0 Å². The van der Waals surface area contributed by atoms with E-state index in [4.69, 9.17) is 5.11 Å². The van der Waals surface area contributed by atoms with Crippen molar-refractivity contribution in [3.05, 3.63) is 0 Å². The second-order valence-corrected chi connectivity index (χ2v) is 2.91. The fourth-order valence-corrected chi connectivity index (χ4v) is 1.34. The van der Waals surface area contributed by atoms with Gasteiger partial charge in [0.25, 0.3) is 0 Å². The zero-order chi connectivity index (χ0) is 6.69. The lowest BCUT2D eigenvalue weighted by molar-refractivity contribution is 0.153. The summed E-state index contributed by atoms with van der Waals surface area (Å²) in [5.74, 6) is 1.20. The number of piperidine rings is 1. The molecule has 0 aromatic rings. The fraction of sp³-hybridized carbons (Fsp3) is 1.00. The number of aliphatic hydroxyl groups is 1. The third kappa shape index (κ3) is 1.66. The molecule has 9 heavy (non-hydrogen) atoms. The van der Waals surface area contributed by atoms with Crippen LogP contribution < -0.4 is 5.32 Å². The highest BCUT2D eigenvalue weighted by Gasteiger charge is 2.19. The minimum atomic E-state index is 0.364.